The van der Waals surface area contributed by atoms with Crippen LogP contribution in [-0.2, 0) is 9.53 Å². The zero-order valence-corrected chi connectivity index (χ0v) is 17.7. The van der Waals surface area contributed by atoms with Crippen LogP contribution in [0.3, 0.4) is 0 Å². The summed E-state index contributed by atoms with van der Waals surface area (Å²) in [5.41, 5.74) is 3.43. The maximum Gasteiger partial charge on any atom is 0.340 e. The fraction of sp³-hybridized carbons (Fsp3) is 0.700. The fourth-order valence-electron chi connectivity index (χ4n) is 4.53. The molecule has 1 N–H and O–H groups in total. The number of ether oxygens (including phenoxy) is 1. The van der Waals surface area contributed by atoms with E-state index in [-0.39, 0.29) is 6.10 Å². The van der Waals surface area contributed by atoms with Crippen LogP contribution in [0.15, 0.2) is 4.47 Å². The van der Waals surface area contributed by atoms with E-state index in [1.54, 1.807) is 13.8 Å². The van der Waals surface area contributed by atoms with Gasteiger partial charge in [0.1, 0.15) is 0 Å². The largest absolute Gasteiger partial charge is 0.461 e. The summed E-state index contributed by atoms with van der Waals surface area (Å²) < 4.78 is 6.12. The van der Waals surface area contributed by atoms with Crippen molar-refractivity contribution in [2.24, 2.45) is 5.41 Å². The van der Waals surface area contributed by atoms with Gasteiger partial charge in [0, 0.05) is 24.3 Å². The molecule has 1 saturated carbocycles. The number of aryl methyl sites for hydroxylation is 2. The normalized spacial score (nSPS) is 20.2. The van der Waals surface area contributed by atoms with Crippen LogP contribution in [0, 0.1) is 19.3 Å². The molecule has 2 aliphatic rings. The van der Waals surface area contributed by atoms with Gasteiger partial charge < -0.3 is 14.7 Å². The number of nitrogens with zero attached hydrogens (tertiary/aromatic N) is 2. The summed E-state index contributed by atoms with van der Waals surface area (Å²) in [7, 11) is 0. The Morgan fingerprint density at radius 2 is 1.88 bits per heavy atom. The Hall–Kier alpha value is -1.14. The number of pyridine rings is 1. The summed E-state index contributed by atoms with van der Waals surface area (Å²) in [6.45, 7) is 9.29. The molecule has 1 aliphatic heterocycles. The average Bonchev–Trinajstić information content (AvgIpc) is 3.19. The monoisotopic (exact) mass is 424 g/mol. The summed E-state index contributed by atoms with van der Waals surface area (Å²) in [5.74, 6) is -0.614. The first-order chi connectivity index (χ1) is 12.2. The number of hydrogen-bond acceptors (Lipinski definition) is 5. The van der Waals surface area contributed by atoms with Crippen molar-refractivity contribution in [3.8, 4) is 0 Å². The number of anilines is 1. The van der Waals surface area contributed by atoms with Gasteiger partial charge in [-0.1, -0.05) is 12.8 Å². The summed E-state index contributed by atoms with van der Waals surface area (Å²) in [5, 5.41) is 10.8. The molecule has 0 unspecified atom stereocenters. The highest BCUT2D eigenvalue weighted by molar-refractivity contribution is 9.10. The number of aliphatic hydroxyl groups is 1. The molecule has 1 aromatic heterocycles. The van der Waals surface area contributed by atoms with Crippen LogP contribution in [-0.4, -0.2) is 35.3 Å². The average molecular weight is 425 g/mol. The van der Waals surface area contributed by atoms with Crippen molar-refractivity contribution in [3.05, 3.63) is 21.4 Å². The lowest BCUT2D eigenvalue weighted by Gasteiger charge is -2.29. The third-order valence-electron chi connectivity index (χ3n) is 5.77. The third-order valence-corrected chi connectivity index (χ3v) is 6.72. The van der Waals surface area contributed by atoms with Crippen molar-refractivity contribution >= 4 is 27.6 Å². The number of esters is 1. The highest BCUT2D eigenvalue weighted by atomic mass is 79.9. The van der Waals surface area contributed by atoms with E-state index in [0.717, 1.165) is 28.9 Å². The molecular weight excluding hydrogens is 396 g/mol. The molecule has 0 amide bonds. The van der Waals surface area contributed by atoms with Gasteiger partial charge in [0.15, 0.2) is 6.10 Å². The summed E-state index contributed by atoms with van der Waals surface area (Å²) >= 11 is 3.67. The molecule has 0 radical (unpaired) electrons. The molecule has 3 rings (SSSR count). The van der Waals surface area contributed by atoms with Gasteiger partial charge in [0.2, 0.25) is 0 Å². The number of aliphatic hydroxyl groups excluding tert-OH is 1. The van der Waals surface area contributed by atoms with Crippen molar-refractivity contribution in [1.29, 1.82) is 0 Å². The number of halogens is 1. The summed E-state index contributed by atoms with van der Waals surface area (Å²) in [4.78, 5) is 19.3. The molecule has 2 heterocycles. The van der Waals surface area contributed by atoms with Gasteiger partial charge >= 0.3 is 5.97 Å². The Morgan fingerprint density at radius 3 is 2.50 bits per heavy atom. The van der Waals surface area contributed by atoms with Gasteiger partial charge in [0.05, 0.1) is 22.0 Å². The molecule has 0 aromatic carbocycles. The predicted octanol–water partition coefficient (Wildman–Crippen LogP) is 4.22. The first-order valence-corrected chi connectivity index (χ1v) is 10.3. The molecule has 1 atom stereocenters. The molecule has 2 fully saturated rings. The van der Waals surface area contributed by atoms with Gasteiger partial charge in [0.25, 0.3) is 0 Å². The van der Waals surface area contributed by atoms with Crippen LogP contribution in [0.1, 0.15) is 69.0 Å². The standard InChI is InChI=1S/C20H29BrN2O3/c1-12(2)26-19(25)18(24)15-13(3)22-14(4)16(21)17(15)23-10-9-20(11-23)7-5-6-8-20/h12,18,24H,5-11H2,1-4H3/t18-/m0/s1. The number of carbonyl (C=O) groups excluding carboxylic acids is 1. The Bertz CT molecular complexity index is 699. The Morgan fingerprint density at radius 1 is 1.23 bits per heavy atom. The third kappa shape index (κ3) is 3.63. The minimum Gasteiger partial charge on any atom is -0.461 e. The fourth-order valence-corrected chi connectivity index (χ4v) is 5.09. The number of hydrogen-bond donors (Lipinski definition) is 1. The molecule has 1 spiro atoms. The van der Waals surface area contributed by atoms with E-state index < -0.39 is 12.1 Å². The molecule has 5 nitrogen and oxygen atoms in total. The minimum atomic E-state index is -1.32. The smallest absolute Gasteiger partial charge is 0.340 e. The highest BCUT2D eigenvalue weighted by Gasteiger charge is 2.42. The van der Waals surface area contributed by atoms with E-state index in [1.807, 2.05) is 13.8 Å². The molecule has 1 aromatic rings. The lowest BCUT2D eigenvalue weighted by atomic mass is 9.86. The topological polar surface area (TPSA) is 62.7 Å². The molecular formula is C20H29BrN2O3. The quantitative estimate of drug-likeness (QED) is 0.733. The Kier molecular flexibility index (Phi) is 5.63. The Balaban J connectivity index is 1.99. The van der Waals surface area contributed by atoms with Gasteiger partial charge in [-0.2, -0.15) is 0 Å². The van der Waals surface area contributed by atoms with Crippen LogP contribution in [0.5, 0.6) is 0 Å². The van der Waals surface area contributed by atoms with Crippen molar-refractivity contribution < 1.29 is 14.6 Å². The van der Waals surface area contributed by atoms with E-state index in [1.165, 1.54) is 32.1 Å². The Labute approximate surface area is 164 Å². The number of rotatable bonds is 4. The second-order valence-electron chi connectivity index (χ2n) is 8.13. The summed E-state index contributed by atoms with van der Waals surface area (Å²) in [6, 6.07) is 0. The zero-order chi connectivity index (χ0) is 19.1. The van der Waals surface area contributed by atoms with Crippen LogP contribution in [0.4, 0.5) is 5.69 Å². The number of aromatic nitrogens is 1. The van der Waals surface area contributed by atoms with E-state index in [9.17, 15) is 9.90 Å². The number of carbonyl (C=O) groups is 1. The second kappa shape index (κ2) is 7.47. The molecule has 26 heavy (non-hydrogen) atoms. The van der Waals surface area contributed by atoms with Crippen molar-refractivity contribution in [2.75, 3.05) is 18.0 Å². The predicted molar refractivity (Wildman–Crippen MR) is 105 cm³/mol. The molecule has 1 saturated heterocycles. The van der Waals surface area contributed by atoms with Gasteiger partial charge in [-0.15, -0.1) is 0 Å². The van der Waals surface area contributed by atoms with Crippen molar-refractivity contribution in [2.45, 2.75) is 72.0 Å². The van der Waals surface area contributed by atoms with Crippen molar-refractivity contribution in [1.82, 2.24) is 4.98 Å². The van der Waals surface area contributed by atoms with E-state index in [4.69, 9.17) is 4.74 Å². The van der Waals surface area contributed by atoms with E-state index in [2.05, 4.69) is 25.8 Å². The highest BCUT2D eigenvalue weighted by Crippen LogP contribution is 2.49. The van der Waals surface area contributed by atoms with E-state index >= 15 is 0 Å². The lowest BCUT2D eigenvalue weighted by Crippen LogP contribution is -2.29. The van der Waals surface area contributed by atoms with Gasteiger partial charge in [-0.25, -0.2) is 4.79 Å². The van der Waals surface area contributed by atoms with E-state index in [0.29, 0.717) is 16.7 Å². The minimum absolute atomic E-state index is 0.267. The second-order valence-corrected chi connectivity index (χ2v) is 8.92. The SMILES string of the molecule is Cc1nc(C)c([C@H](O)C(=O)OC(C)C)c(N2CCC3(CCCC3)C2)c1Br. The van der Waals surface area contributed by atoms with Crippen LogP contribution in [0.2, 0.25) is 0 Å². The molecule has 0 bridgehead atoms. The molecule has 1 aliphatic carbocycles. The van der Waals surface area contributed by atoms with Crippen LogP contribution >= 0.6 is 15.9 Å². The van der Waals surface area contributed by atoms with Crippen molar-refractivity contribution in [3.63, 3.8) is 0 Å². The van der Waals surface area contributed by atoms with Gasteiger partial charge in [-0.05, 0) is 68.3 Å². The first-order valence-electron chi connectivity index (χ1n) is 9.54. The maximum atomic E-state index is 12.4. The molecule has 144 valence electrons. The summed E-state index contributed by atoms with van der Waals surface area (Å²) in [6.07, 6.45) is 4.74. The zero-order valence-electron chi connectivity index (χ0n) is 16.1. The lowest BCUT2D eigenvalue weighted by molar-refractivity contribution is -0.157. The first kappa shape index (κ1) is 19.6. The maximum absolute atomic E-state index is 12.4. The van der Waals surface area contributed by atoms with Crippen LogP contribution < -0.4 is 4.90 Å². The van der Waals surface area contributed by atoms with Gasteiger partial charge in [-0.3, -0.25) is 4.98 Å². The van der Waals surface area contributed by atoms with Crippen LogP contribution in [0.25, 0.3) is 0 Å². The molecule has 6 heteroatoms.